The fourth-order valence-corrected chi connectivity index (χ4v) is 4.07. The predicted molar refractivity (Wildman–Crippen MR) is 107 cm³/mol. The first-order valence-electron chi connectivity index (χ1n) is 8.88. The second-order valence-electron chi connectivity index (χ2n) is 6.55. The first-order valence-corrected chi connectivity index (χ1v) is 10.8. The number of aromatic amines is 1. The molecule has 1 aromatic carbocycles. The number of nitrogens with zero attached hydrogens (tertiary/aromatic N) is 2. The van der Waals surface area contributed by atoms with E-state index in [0.29, 0.717) is 29.1 Å². The van der Waals surface area contributed by atoms with E-state index in [4.69, 9.17) is 4.42 Å². The predicted octanol–water partition coefficient (Wildman–Crippen LogP) is 3.35. The van der Waals surface area contributed by atoms with Crippen LogP contribution in [0.15, 0.2) is 64.2 Å². The maximum atomic E-state index is 12.0. The lowest BCUT2D eigenvalue weighted by atomic mass is 10.2. The van der Waals surface area contributed by atoms with Gasteiger partial charge in [-0.1, -0.05) is 18.2 Å². The molecule has 8 heteroatoms. The normalized spacial score (nSPS) is 11.8. The Morgan fingerprint density at radius 1 is 1.11 bits per heavy atom. The van der Waals surface area contributed by atoms with E-state index < -0.39 is 9.84 Å². The van der Waals surface area contributed by atoms with Crippen molar-refractivity contribution < 1.29 is 12.8 Å². The minimum absolute atomic E-state index is 0.330. The van der Waals surface area contributed by atoms with Crippen LogP contribution in [0, 0.1) is 0 Å². The summed E-state index contributed by atoms with van der Waals surface area (Å²) in [6, 6.07) is 12.6. The molecule has 0 bridgehead atoms. The van der Waals surface area contributed by atoms with Gasteiger partial charge in [0.25, 0.3) is 0 Å². The van der Waals surface area contributed by atoms with Crippen LogP contribution < -0.4 is 5.32 Å². The van der Waals surface area contributed by atoms with E-state index in [1.54, 1.807) is 24.6 Å². The smallest absolute Gasteiger partial charge is 0.179 e. The van der Waals surface area contributed by atoms with Gasteiger partial charge in [0.15, 0.2) is 15.5 Å². The Labute approximate surface area is 162 Å². The summed E-state index contributed by atoms with van der Waals surface area (Å²) in [4.78, 5) is 12.5. The largest absolute Gasteiger partial charge is 0.469 e. The van der Waals surface area contributed by atoms with Crippen LogP contribution in [0.3, 0.4) is 0 Å². The summed E-state index contributed by atoms with van der Waals surface area (Å²) in [5.74, 6) is 1.73. The van der Waals surface area contributed by atoms with E-state index in [1.807, 2.05) is 30.3 Å². The van der Waals surface area contributed by atoms with Crippen LogP contribution in [0.25, 0.3) is 11.2 Å². The van der Waals surface area contributed by atoms with E-state index in [2.05, 4.69) is 20.3 Å². The minimum atomic E-state index is -3.29. The fraction of sp³-hybridized carbons (Fsp3) is 0.200. The number of imidazole rings is 1. The number of aryl methyl sites for hydroxylation is 2. The lowest BCUT2D eigenvalue weighted by Gasteiger charge is -2.10. The van der Waals surface area contributed by atoms with Crippen molar-refractivity contribution >= 4 is 26.7 Å². The summed E-state index contributed by atoms with van der Waals surface area (Å²) in [5, 5.41) is 3.31. The first kappa shape index (κ1) is 18.2. The van der Waals surface area contributed by atoms with Crippen LogP contribution in [0.2, 0.25) is 0 Å². The first-order chi connectivity index (χ1) is 13.5. The average molecular weight is 396 g/mol. The van der Waals surface area contributed by atoms with Crippen LogP contribution in [0.1, 0.15) is 17.1 Å². The van der Waals surface area contributed by atoms with Crippen LogP contribution in [-0.2, 0) is 29.2 Å². The zero-order valence-electron chi connectivity index (χ0n) is 15.3. The number of hydrogen-bond donors (Lipinski definition) is 2. The van der Waals surface area contributed by atoms with Gasteiger partial charge < -0.3 is 14.7 Å². The molecular weight excluding hydrogens is 376 g/mol. The van der Waals surface area contributed by atoms with Gasteiger partial charge in [0.05, 0.1) is 16.8 Å². The Bertz CT molecular complexity index is 1200. The van der Waals surface area contributed by atoms with Gasteiger partial charge in [-0.25, -0.2) is 18.4 Å². The molecule has 4 aromatic rings. The molecule has 0 fully saturated rings. The third-order valence-electron chi connectivity index (χ3n) is 4.47. The standard InChI is InChI=1S/C20H20N4O3S/c1-28(25,26)17-7-3-2-5-14(17)13-22-16-10-11-21-20-19(16)23-18(24-20)9-8-15-6-4-12-27-15/h2-7,10-12H,8-9,13H2,1H3,(H2,21,22,23,24). The maximum Gasteiger partial charge on any atom is 0.179 e. The van der Waals surface area contributed by atoms with E-state index in [1.165, 1.54) is 6.26 Å². The van der Waals surface area contributed by atoms with Crippen molar-refractivity contribution in [2.45, 2.75) is 24.3 Å². The highest BCUT2D eigenvalue weighted by molar-refractivity contribution is 7.90. The molecule has 0 aliphatic carbocycles. The number of anilines is 1. The summed E-state index contributed by atoms with van der Waals surface area (Å²) >= 11 is 0. The molecule has 0 amide bonds. The van der Waals surface area contributed by atoms with Crippen LogP contribution >= 0.6 is 0 Å². The van der Waals surface area contributed by atoms with Crippen LogP contribution in [0.4, 0.5) is 5.69 Å². The second kappa shape index (κ2) is 7.47. The van der Waals surface area contributed by atoms with E-state index >= 15 is 0 Å². The Hall–Kier alpha value is -3.13. The monoisotopic (exact) mass is 396 g/mol. The third-order valence-corrected chi connectivity index (χ3v) is 5.67. The Kier molecular flexibility index (Phi) is 4.87. The molecule has 0 saturated heterocycles. The second-order valence-corrected chi connectivity index (χ2v) is 8.54. The fourth-order valence-electron chi connectivity index (χ4n) is 3.12. The van der Waals surface area contributed by atoms with Crippen molar-refractivity contribution in [2.24, 2.45) is 0 Å². The van der Waals surface area contributed by atoms with E-state index in [0.717, 1.165) is 29.2 Å². The SMILES string of the molecule is CS(=O)(=O)c1ccccc1CNc1ccnc2nc(CCc3ccco3)[nH]c12. The van der Waals surface area contributed by atoms with E-state index in [9.17, 15) is 8.42 Å². The maximum absolute atomic E-state index is 12.0. The average Bonchev–Trinajstić information content (AvgIpc) is 3.33. The quantitative estimate of drug-likeness (QED) is 0.497. The summed E-state index contributed by atoms with van der Waals surface area (Å²) in [6.07, 6.45) is 6.02. The number of hydrogen-bond acceptors (Lipinski definition) is 6. The molecule has 4 rings (SSSR count). The molecule has 3 aromatic heterocycles. The molecule has 3 heterocycles. The van der Waals surface area contributed by atoms with Crippen molar-refractivity contribution in [3.05, 3.63) is 72.1 Å². The van der Waals surface area contributed by atoms with Crippen molar-refractivity contribution in [1.82, 2.24) is 15.0 Å². The summed E-state index contributed by atoms with van der Waals surface area (Å²) < 4.78 is 29.3. The molecule has 0 atom stereocenters. The Balaban J connectivity index is 1.55. The van der Waals surface area contributed by atoms with Gasteiger partial charge in [0.1, 0.15) is 17.1 Å². The molecule has 0 aliphatic heterocycles. The highest BCUT2D eigenvalue weighted by atomic mass is 32.2. The Morgan fingerprint density at radius 2 is 1.96 bits per heavy atom. The number of rotatable bonds is 7. The number of fused-ring (bicyclic) bond motifs is 1. The number of aromatic nitrogens is 3. The molecule has 7 nitrogen and oxygen atoms in total. The number of furan rings is 1. The number of sulfone groups is 1. The highest BCUT2D eigenvalue weighted by Crippen LogP contribution is 2.22. The minimum Gasteiger partial charge on any atom is -0.469 e. The summed E-state index contributed by atoms with van der Waals surface area (Å²) in [6.45, 7) is 0.378. The topological polar surface area (TPSA) is 101 Å². The van der Waals surface area contributed by atoms with Gasteiger partial charge in [-0.15, -0.1) is 0 Å². The van der Waals surface area contributed by atoms with Crippen molar-refractivity contribution in [2.75, 3.05) is 11.6 Å². The van der Waals surface area contributed by atoms with Gasteiger partial charge in [-0.2, -0.15) is 0 Å². The lowest BCUT2D eigenvalue weighted by Crippen LogP contribution is -2.07. The van der Waals surface area contributed by atoms with Gasteiger partial charge >= 0.3 is 0 Å². The van der Waals surface area contributed by atoms with Crippen LogP contribution in [0.5, 0.6) is 0 Å². The summed E-state index contributed by atoms with van der Waals surface area (Å²) in [7, 11) is -3.29. The molecule has 0 radical (unpaired) electrons. The van der Waals surface area contributed by atoms with Crippen LogP contribution in [-0.4, -0.2) is 29.6 Å². The molecule has 0 aliphatic rings. The van der Waals surface area contributed by atoms with E-state index in [-0.39, 0.29) is 0 Å². The third kappa shape index (κ3) is 3.91. The molecular formula is C20H20N4O3S. The number of pyridine rings is 1. The molecule has 0 saturated carbocycles. The number of nitrogens with one attached hydrogen (secondary N) is 2. The van der Waals surface area contributed by atoms with Gasteiger partial charge in [-0.05, 0) is 29.8 Å². The Morgan fingerprint density at radius 3 is 2.75 bits per heavy atom. The van der Waals surface area contributed by atoms with Gasteiger partial charge in [0.2, 0.25) is 0 Å². The molecule has 2 N–H and O–H groups in total. The van der Waals surface area contributed by atoms with Gasteiger partial charge in [0, 0.05) is 31.8 Å². The molecule has 0 unspecified atom stereocenters. The number of benzene rings is 1. The van der Waals surface area contributed by atoms with Gasteiger partial charge in [-0.3, -0.25) is 0 Å². The highest BCUT2D eigenvalue weighted by Gasteiger charge is 2.13. The zero-order chi connectivity index (χ0) is 19.6. The molecule has 144 valence electrons. The lowest BCUT2D eigenvalue weighted by molar-refractivity contribution is 0.507. The van der Waals surface area contributed by atoms with Crippen molar-refractivity contribution in [3.8, 4) is 0 Å². The molecule has 28 heavy (non-hydrogen) atoms. The van der Waals surface area contributed by atoms with Crippen molar-refractivity contribution in [3.63, 3.8) is 0 Å². The number of H-pyrrole nitrogens is 1. The zero-order valence-corrected chi connectivity index (χ0v) is 16.2. The summed E-state index contributed by atoms with van der Waals surface area (Å²) in [5.41, 5.74) is 2.96. The van der Waals surface area contributed by atoms with Crippen molar-refractivity contribution in [1.29, 1.82) is 0 Å². The molecule has 0 spiro atoms.